The third-order valence-corrected chi connectivity index (χ3v) is 4.99. The summed E-state index contributed by atoms with van der Waals surface area (Å²) in [5.74, 6) is 0.551. The van der Waals surface area contributed by atoms with Crippen molar-refractivity contribution in [2.75, 3.05) is 26.7 Å². The van der Waals surface area contributed by atoms with Crippen LogP contribution in [-0.2, 0) is 9.53 Å². The van der Waals surface area contributed by atoms with Gasteiger partial charge in [0, 0.05) is 13.0 Å². The number of ether oxygens (including phenoxy) is 1. The molecule has 0 amide bonds. The summed E-state index contributed by atoms with van der Waals surface area (Å²) in [7, 11) is 1.45. The van der Waals surface area contributed by atoms with Gasteiger partial charge in [-0.15, -0.1) is 0 Å². The van der Waals surface area contributed by atoms with Crippen LogP contribution in [0.4, 0.5) is 0 Å². The number of carbonyl (C=O) groups is 1. The second kappa shape index (κ2) is 7.41. The van der Waals surface area contributed by atoms with Gasteiger partial charge < -0.3 is 14.7 Å². The van der Waals surface area contributed by atoms with E-state index in [9.17, 15) is 9.90 Å². The summed E-state index contributed by atoms with van der Waals surface area (Å²) in [6.07, 6.45) is 9.34. The number of likely N-dealkylation sites (tertiary alicyclic amines) is 1. The standard InChI is InChI=1S/C16H29NO3/c1-20-15(18)6-5-14-7-11-17(12-8-14)13-16(19)9-3-2-4-10-16/h14,19H,2-13H2,1H3. The molecule has 1 saturated carbocycles. The fourth-order valence-electron chi connectivity index (χ4n) is 3.64. The maximum Gasteiger partial charge on any atom is 0.305 e. The van der Waals surface area contributed by atoms with E-state index in [4.69, 9.17) is 4.74 Å². The molecule has 0 aromatic heterocycles. The fraction of sp³-hybridized carbons (Fsp3) is 0.938. The SMILES string of the molecule is COC(=O)CCC1CCN(CC2(O)CCCCC2)CC1. The van der Waals surface area contributed by atoms with E-state index < -0.39 is 5.60 Å². The average Bonchev–Trinajstić information content (AvgIpc) is 2.46. The van der Waals surface area contributed by atoms with Crippen LogP contribution in [0, 0.1) is 5.92 Å². The van der Waals surface area contributed by atoms with Crippen molar-refractivity contribution in [1.29, 1.82) is 0 Å². The number of carbonyl (C=O) groups excluding carboxylic acids is 1. The number of esters is 1. The lowest BCUT2D eigenvalue weighted by atomic mass is 9.83. The van der Waals surface area contributed by atoms with Gasteiger partial charge >= 0.3 is 5.97 Å². The Morgan fingerprint density at radius 3 is 2.50 bits per heavy atom. The molecule has 0 bridgehead atoms. The second-order valence-electron chi connectivity index (χ2n) is 6.62. The Balaban J connectivity index is 1.67. The zero-order chi connectivity index (χ0) is 14.4. The summed E-state index contributed by atoms with van der Waals surface area (Å²) >= 11 is 0. The lowest BCUT2D eigenvalue weighted by Crippen LogP contribution is -2.47. The van der Waals surface area contributed by atoms with Crippen LogP contribution in [0.25, 0.3) is 0 Å². The van der Waals surface area contributed by atoms with Crippen molar-refractivity contribution in [2.45, 2.75) is 63.4 Å². The van der Waals surface area contributed by atoms with Gasteiger partial charge in [-0.25, -0.2) is 0 Å². The first-order chi connectivity index (χ1) is 9.61. The molecule has 1 heterocycles. The maximum absolute atomic E-state index is 11.2. The first-order valence-electron chi connectivity index (χ1n) is 8.13. The van der Waals surface area contributed by atoms with E-state index in [0.29, 0.717) is 12.3 Å². The van der Waals surface area contributed by atoms with Gasteiger partial charge in [-0.2, -0.15) is 0 Å². The number of hydrogen-bond acceptors (Lipinski definition) is 4. The minimum Gasteiger partial charge on any atom is -0.469 e. The molecule has 20 heavy (non-hydrogen) atoms. The summed E-state index contributed by atoms with van der Waals surface area (Å²) in [5, 5.41) is 10.6. The molecule has 0 atom stereocenters. The normalized spacial score (nSPS) is 24.5. The van der Waals surface area contributed by atoms with Crippen LogP contribution in [0.15, 0.2) is 0 Å². The molecule has 0 radical (unpaired) electrons. The van der Waals surface area contributed by atoms with Crippen molar-refractivity contribution in [1.82, 2.24) is 4.90 Å². The van der Waals surface area contributed by atoms with Crippen LogP contribution in [0.3, 0.4) is 0 Å². The van der Waals surface area contributed by atoms with Crippen LogP contribution < -0.4 is 0 Å². The van der Waals surface area contributed by atoms with E-state index in [1.807, 2.05) is 0 Å². The van der Waals surface area contributed by atoms with Crippen molar-refractivity contribution >= 4 is 5.97 Å². The van der Waals surface area contributed by atoms with Crippen LogP contribution >= 0.6 is 0 Å². The third-order valence-electron chi connectivity index (χ3n) is 4.99. The zero-order valence-electron chi connectivity index (χ0n) is 12.8. The number of nitrogens with zero attached hydrogens (tertiary/aromatic N) is 1. The van der Waals surface area contributed by atoms with E-state index in [1.165, 1.54) is 26.4 Å². The van der Waals surface area contributed by atoms with E-state index in [2.05, 4.69) is 4.90 Å². The zero-order valence-corrected chi connectivity index (χ0v) is 12.8. The molecular weight excluding hydrogens is 254 g/mol. The highest BCUT2D eigenvalue weighted by atomic mass is 16.5. The first-order valence-corrected chi connectivity index (χ1v) is 8.13. The smallest absolute Gasteiger partial charge is 0.305 e. The first kappa shape index (κ1) is 15.8. The van der Waals surface area contributed by atoms with E-state index in [-0.39, 0.29) is 5.97 Å². The van der Waals surface area contributed by atoms with Gasteiger partial charge in [-0.1, -0.05) is 19.3 Å². The number of methoxy groups -OCH3 is 1. The van der Waals surface area contributed by atoms with Gasteiger partial charge in [-0.3, -0.25) is 4.79 Å². The van der Waals surface area contributed by atoms with Crippen LogP contribution in [0.2, 0.25) is 0 Å². The van der Waals surface area contributed by atoms with E-state index in [1.54, 1.807) is 0 Å². The molecule has 4 heteroatoms. The fourth-order valence-corrected chi connectivity index (χ4v) is 3.64. The topological polar surface area (TPSA) is 49.8 Å². The Morgan fingerprint density at radius 1 is 1.25 bits per heavy atom. The highest BCUT2D eigenvalue weighted by Crippen LogP contribution is 2.30. The average molecular weight is 283 g/mol. The largest absolute Gasteiger partial charge is 0.469 e. The molecule has 2 fully saturated rings. The number of hydrogen-bond donors (Lipinski definition) is 1. The highest BCUT2D eigenvalue weighted by Gasteiger charge is 2.32. The summed E-state index contributed by atoms with van der Waals surface area (Å²) in [6.45, 7) is 2.97. The quantitative estimate of drug-likeness (QED) is 0.787. The number of aliphatic hydroxyl groups is 1. The molecule has 0 unspecified atom stereocenters. The van der Waals surface area contributed by atoms with E-state index in [0.717, 1.165) is 51.7 Å². The molecule has 0 aromatic carbocycles. The third kappa shape index (κ3) is 4.74. The Hall–Kier alpha value is -0.610. The Kier molecular flexibility index (Phi) is 5.85. The van der Waals surface area contributed by atoms with Crippen molar-refractivity contribution in [3.63, 3.8) is 0 Å². The van der Waals surface area contributed by atoms with Gasteiger partial charge in [0.2, 0.25) is 0 Å². The second-order valence-corrected chi connectivity index (χ2v) is 6.62. The minimum absolute atomic E-state index is 0.0936. The lowest BCUT2D eigenvalue weighted by molar-refractivity contribution is -0.141. The monoisotopic (exact) mass is 283 g/mol. The van der Waals surface area contributed by atoms with Crippen molar-refractivity contribution in [3.05, 3.63) is 0 Å². The summed E-state index contributed by atoms with van der Waals surface area (Å²) < 4.78 is 4.69. The van der Waals surface area contributed by atoms with Crippen molar-refractivity contribution in [3.8, 4) is 0 Å². The maximum atomic E-state index is 11.2. The molecule has 0 aromatic rings. The predicted molar refractivity (Wildman–Crippen MR) is 78.4 cm³/mol. The molecule has 1 saturated heterocycles. The molecule has 1 aliphatic carbocycles. The van der Waals surface area contributed by atoms with Gasteiger partial charge in [0.05, 0.1) is 12.7 Å². The molecule has 2 rings (SSSR count). The predicted octanol–water partition coefficient (Wildman–Crippen LogP) is 2.35. The molecule has 1 N–H and O–H groups in total. The Labute approximate surface area is 122 Å². The molecular formula is C16H29NO3. The number of rotatable bonds is 5. The Bertz CT molecular complexity index is 305. The molecule has 116 valence electrons. The molecule has 1 aliphatic heterocycles. The van der Waals surface area contributed by atoms with Crippen molar-refractivity contribution < 1.29 is 14.6 Å². The van der Waals surface area contributed by atoms with Gasteiger partial charge in [-0.05, 0) is 51.1 Å². The van der Waals surface area contributed by atoms with Gasteiger partial charge in [0.25, 0.3) is 0 Å². The number of piperidine rings is 1. The van der Waals surface area contributed by atoms with Crippen LogP contribution in [-0.4, -0.2) is 48.3 Å². The summed E-state index contributed by atoms with van der Waals surface area (Å²) in [5.41, 5.74) is -0.433. The van der Waals surface area contributed by atoms with E-state index >= 15 is 0 Å². The minimum atomic E-state index is -0.433. The summed E-state index contributed by atoms with van der Waals surface area (Å²) in [6, 6.07) is 0. The van der Waals surface area contributed by atoms with Crippen LogP contribution in [0.5, 0.6) is 0 Å². The van der Waals surface area contributed by atoms with Gasteiger partial charge in [0.15, 0.2) is 0 Å². The number of β-amino-alcohol motifs (C(OH)–C–C–N with tert-alkyl or cyclic N) is 1. The molecule has 0 spiro atoms. The highest BCUT2D eigenvalue weighted by molar-refractivity contribution is 5.69. The van der Waals surface area contributed by atoms with Crippen molar-refractivity contribution in [2.24, 2.45) is 5.92 Å². The van der Waals surface area contributed by atoms with Crippen LogP contribution in [0.1, 0.15) is 57.8 Å². The Morgan fingerprint density at radius 2 is 1.90 bits per heavy atom. The molecule has 4 nitrogen and oxygen atoms in total. The summed E-state index contributed by atoms with van der Waals surface area (Å²) in [4.78, 5) is 13.6. The van der Waals surface area contributed by atoms with Gasteiger partial charge in [0.1, 0.15) is 0 Å². The molecule has 2 aliphatic rings. The lowest BCUT2D eigenvalue weighted by Gasteiger charge is -2.40.